The maximum atomic E-state index is 12.1. The third kappa shape index (κ3) is 4.85. The predicted octanol–water partition coefficient (Wildman–Crippen LogP) is 0.0802. The Balaban J connectivity index is 2.25. The Bertz CT molecular complexity index is 334. The summed E-state index contributed by atoms with van der Waals surface area (Å²) < 4.78 is 5.45. The topological polar surface area (TPSA) is 61.9 Å². The van der Waals surface area contributed by atoms with E-state index in [4.69, 9.17) is 4.74 Å². The summed E-state index contributed by atoms with van der Waals surface area (Å²) in [5, 5.41) is 3.11. The number of ether oxygens (including phenoxy) is 1. The molecule has 2 unspecified atom stereocenters. The van der Waals surface area contributed by atoms with Crippen LogP contribution in [0.5, 0.6) is 0 Å². The molecule has 2 atom stereocenters. The van der Waals surface area contributed by atoms with E-state index in [0.29, 0.717) is 19.8 Å². The summed E-state index contributed by atoms with van der Waals surface area (Å²) >= 11 is 0. The molecule has 0 radical (unpaired) electrons. The average Bonchev–Trinajstić information content (AvgIpc) is 2.67. The fourth-order valence-corrected chi connectivity index (χ4v) is 2.11. The lowest BCUT2D eigenvalue weighted by Gasteiger charge is -2.21. The highest BCUT2D eigenvalue weighted by Crippen LogP contribution is 2.17. The molecule has 2 amide bonds. The van der Waals surface area contributed by atoms with Crippen LogP contribution in [0, 0.1) is 0 Å². The fraction of sp³-hybridized carbons (Fsp3) is 0.857. The second-order valence-electron chi connectivity index (χ2n) is 5.49. The Morgan fingerprint density at radius 3 is 2.70 bits per heavy atom. The van der Waals surface area contributed by atoms with Crippen molar-refractivity contribution in [3.05, 3.63) is 0 Å². The van der Waals surface area contributed by atoms with E-state index in [0.717, 1.165) is 13.0 Å². The van der Waals surface area contributed by atoms with Crippen LogP contribution in [0.3, 0.4) is 0 Å². The van der Waals surface area contributed by atoms with E-state index in [9.17, 15) is 9.59 Å². The third-order valence-corrected chi connectivity index (χ3v) is 3.53. The van der Waals surface area contributed by atoms with Gasteiger partial charge in [0.2, 0.25) is 11.8 Å². The summed E-state index contributed by atoms with van der Waals surface area (Å²) in [6.07, 6.45) is 1.05. The highest BCUT2D eigenvalue weighted by Gasteiger charge is 2.40. The molecule has 0 aliphatic carbocycles. The van der Waals surface area contributed by atoms with Crippen molar-refractivity contribution in [3.8, 4) is 0 Å². The number of nitrogens with zero attached hydrogens (tertiary/aromatic N) is 2. The van der Waals surface area contributed by atoms with Gasteiger partial charge in [-0.1, -0.05) is 6.92 Å². The van der Waals surface area contributed by atoms with Crippen LogP contribution in [-0.4, -0.2) is 74.1 Å². The molecule has 1 N–H and O–H groups in total. The molecule has 1 fully saturated rings. The Hall–Kier alpha value is -0.980. The molecule has 0 aromatic rings. The molecule has 1 aliphatic rings. The molecule has 6 heteroatoms. The van der Waals surface area contributed by atoms with Gasteiger partial charge in [0.15, 0.2) is 0 Å². The molecule has 1 rings (SSSR count). The molecule has 1 heterocycles. The lowest BCUT2D eigenvalue weighted by atomic mass is 10.2. The van der Waals surface area contributed by atoms with Crippen LogP contribution in [0.25, 0.3) is 0 Å². The quantitative estimate of drug-likeness (QED) is 0.480. The minimum atomic E-state index is -0.381. The van der Waals surface area contributed by atoms with Crippen molar-refractivity contribution >= 4 is 11.8 Å². The van der Waals surface area contributed by atoms with E-state index in [2.05, 4.69) is 10.2 Å². The molecule has 6 nitrogen and oxygen atoms in total. The summed E-state index contributed by atoms with van der Waals surface area (Å²) in [6, 6.07) is -0.396. The van der Waals surface area contributed by atoms with Crippen molar-refractivity contribution in [1.29, 1.82) is 0 Å². The first-order valence-electron chi connectivity index (χ1n) is 7.29. The minimum Gasteiger partial charge on any atom is -0.379 e. The van der Waals surface area contributed by atoms with Crippen LogP contribution in [0.4, 0.5) is 0 Å². The van der Waals surface area contributed by atoms with Crippen LogP contribution in [0.15, 0.2) is 0 Å². The predicted molar refractivity (Wildman–Crippen MR) is 77.4 cm³/mol. The first kappa shape index (κ1) is 17.1. The van der Waals surface area contributed by atoms with Crippen LogP contribution in [-0.2, 0) is 14.3 Å². The smallest absolute Gasteiger partial charge is 0.247 e. The number of carbonyl (C=O) groups is 2. The van der Waals surface area contributed by atoms with Crippen molar-refractivity contribution in [2.75, 3.05) is 40.4 Å². The van der Waals surface area contributed by atoms with E-state index >= 15 is 0 Å². The highest BCUT2D eigenvalue weighted by atomic mass is 16.5. The number of hydrogen-bond donors (Lipinski definition) is 1. The number of hydrogen-bond acceptors (Lipinski definition) is 5. The molecule has 0 saturated carbocycles. The van der Waals surface area contributed by atoms with Gasteiger partial charge >= 0.3 is 0 Å². The third-order valence-electron chi connectivity index (χ3n) is 3.53. The number of imide groups is 1. The lowest BCUT2D eigenvalue weighted by Crippen LogP contribution is -2.43. The van der Waals surface area contributed by atoms with Gasteiger partial charge in [-0.2, -0.15) is 0 Å². The second kappa shape index (κ2) is 8.34. The largest absolute Gasteiger partial charge is 0.379 e. The number of amides is 2. The molecular formula is C14H27N3O3. The Morgan fingerprint density at radius 1 is 1.40 bits per heavy atom. The zero-order chi connectivity index (χ0) is 15.1. The van der Waals surface area contributed by atoms with Crippen molar-refractivity contribution in [3.63, 3.8) is 0 Å². The molecule has 0 bridgehead atoms. The molecule has 0 aromatic carbocycles. The number of carbonyl (C=O) groups excluding carboxylic acids is 2. The maximum absolute atomic E-state index is 12.1. The molecular weight excluding hydrogens is 258 g/mol. The van der Waals surface area contributed by atoms with Gasteiger partial charge in [-0.15, -0.1) is 0 Å². The van der Waals surface area contributed by atoms with Gasteiger partial charge in [-0.3, -0.25) is 14.5 Å². The van der Waals surface area contributed by atoms with Gasteiger partial charge in [0, 0.05) is 19.1 Å². The van der Waals surface area contributed by atoms with Gasteiger partial charge in [0.1, 0.15) is 0 Å². The van der Waals surface area contributed by atoms with Gasteiger partial charge < -0.3 is 15.0 Å². The molecule has 1 saturated heterocycles. The van der Waals surface area contributed by atoms with Crippen molar-refractivity contribution in [2.24, 2.45) is 0 Å². The van der Waals surface area contributed by atoms with E-state index in [1.165, 1.54) is 4.90 Å². The van der Waals surface area contributed by atoms with Crippen LogP contribution >= 0.6 is 0 Å². The SMILES string of the molecule is CCC(C)N1C(=O)CC(NCCOCCN(C)C)C1=O. The maximum Gasteiger partial charge on any atom is 0.247 e. The normalized spacial score (nSPS) is 21.1. The first-order chi connectivity index (χ1) is 9.47. The fourth-order valence-electron chi connectivity index (χ4n) is 2.11. The molecule has 0 aromatic heterocycles. The second-order valence-corrected chi connectivity index (χ2v) is 5.49. The zero-order valence-electron chi connectivity index (χ0n) is 13.0. The summed E-state index contributed by atoms with van der Waals surface area (Å²) in [6.45, 7) is 6.57. The van der Waals surface area contributed by atoms with Gasteiger partial charge in [0.25, 0.3) is 0 Å². The number of nitrogens with one attached hydrogen (secondary N) is 1. The van der Waals surface area contributed by atoms with E-state index in [-0.39, 0.29) is 30.3 Å². The molecule has 0 spiro atoms. The average molecular weight is 285 g/mol. The zero-order valence-corrected chi connectivity index (χ0v) is 13.0. The van der Waals surface area contributed by atoms with E-state index < -0.39 is 0 Å². The summed E-state index contributed by atoms with van der Waals surface area (Å²) in [5.41, 5.74) is 0. The number of rotatable bonds is 9. The Labute approximate surface area is 121 Å². The number of likely N-dealkylation sites (N-methyl/N-ethyl adjacent to an activating group) is 1. The lowest BCUT2D eigenvalue weighted by molar-refractivity contribution is -0.141. The summed E-state index contributed by atoms with van der Waals surface area (Å²) in [7, 11) is 3.99. The Kier molecular flexibility index (Phi) is 7.12. The van der Waals surface area contributed by atoms with Gasteiger partial charge in [0.05, 0.1) is 25.7 Å². The van der Waals surface area contributed by atoms with Crippen LogP contribution in [0.1, 0.15) is 26.7 Å². The highest BCUT2D eigenvalue weighted by molar-refractivity contribution is 6.05. The van der Waals surface area contributed by atoms with Gasteiger partial charge in [-0.05, 0) is 27.4 Å². The summed E-state index contributed by atoms with van der Waals surface area (Å²) in [5.74, 6) is -0.173. The monoisotopic (exact) mass is 285 g/mol. The number of likely N-dealkylation sites (tertiary alicyclic amines) is 1. The molecule has 116 valence electrons. The van der Waals surface area contributed by atoms with Crippen molar-refractivity contribution in [1.82, 2.24) is 15.1 Å². The molecule has 20 heavy (non-hydrogen) atoms. The van der Waals surface area contributed by atoms with Gasteiger partial charge in [-0.25, -0.2) is 0 Å². The van der Waals surface area contributed by atoms with Crippen molar-refractivity contribution in [2.45, 2.75) is 38.8 Å². The van der Waals surface area contributed by atoms with Crippen LogP contribution in [0.2, 0.25) is 0 Å². The van der Waals surface area contributed by atoms with E-state index in [1.807, 2.05) is 27.9 Å². The van der Waals surface area contributed by atoms with E-state index in [1.54, 1.807) is 0 Å². The van der Waals surface area contributed by atoms with Crippen LogP contribution < -0.4 is 5.32 Å². The summed E-state index contributed by atoms with van der Waals surface area (Å²) in [4.78, 5) is 27.4. The standard InChI is InChI=1S/C14H27N3O3/c1-5-11(2)17-13(18)10-12(14(17)19)15-6-8-20-9-7-16(3)4/h11-12,15H,5-10H2,1-4H3. The first-order valence-corrected chi connectivity index (χ1v) is 7.29. The minimum absolute atomic E-state index is 0.0156. The Morgan fingerprint density at radius 2 is 2.10 bits per heavy atom. The molecule has 1 aliphatic heterocycles. The van der Waals surface area contributed by atoms with Crippen molar-refractivity contribution < 1.29 is 14.3 Å².